The monoisotopic (exact) mass is 348 g/mol. The molecule has 0 radical (unpaired) electrons. The third-order valence-electron chi connectivity index (χ3n) is 4.07. The first kappa shape index (κ1) is 15.8. The number of aromatic nitrogens is 3. The lowest BCUT2D eigenvalue weighted by molar-refractivity contribution is -0.118. The maximum atomic E-state index is 11.2. The highest BCUT2D eigenvalue weighted by atomic mass is 16.4. The van der Waals surface area contributed by atoms with Crippen LogP contribution >= 0.6 is 0 Å². The summed E-state index contributed by atoms with van der Waals surface area (Å²) in [6, 6.07) is 11.0. The lowest BCUT2D eigenvalue weighted by atomic mass is 10.0. The predicted molar refractivity (Wildman–Crippen MR) is 99.2 cm³/mol. The summed E-state index contributed by atoms with van der Waals surface area (Å²) < 4.78 is 5.30. The molecule has 0 fully saturated rings. The molecule has 0 spiro atoms. The number of benzene rings is 2. The number of hydrogen-bond donors (Lipinski definition) is 3. The average molecular weight is 348 g/mol. The third-order valence-corrected chi connectivity index (χ3v) is 4.07. The Labute approximate surface area is 148 Å². The van der Waals surface area contributed by atoms with Gasteiger partial charge in [0.05, 0.1) is 17.2 Å². The number of oxazole rings is 1. The first-order valence-electron chi connectivity index (χ1n) is 7.99. The Morgan fingerprint density at radius 2 is 1.81 bits per heavy atom. The molecule has 1 atom stereocenters. The quantitative estimate of drug-likeness (QED) is 0.515. The summed E-state index contributed by atoms with van der Waals surface area (Å²) in [5.41, 5.74) is 15.6. The number of fused-ring (bicyclic) bond motifs is 2. The summed E-state index contributed by atoms with van der Waals surface area (Å²) in [6.45, 7) is 1.67. The zero-order valence-electron chi connectivity index (χ0n) is 13.9. The van der Waals surface area contributed by atoms with Crippen LogP contribution in [0.15, 0.2) is 47.0 Å². The zero-order valence-corrected chi connectivity index (χ0v) is 13.9. The Bertz CT molecular complexity index is 1140. The molecule has 2 heterocycles. The maximum absolute atomic E-state index is 11.2. The van der Waals surface area contributed by atoms with Gasteiger partial charge in [0.1, 0.15) is 17.4 Å². The van der Waals surface area contributed by atoms with Crippen molar-refractivity contribution in [2.75, 3.05) is 11.1 Å². The largest absolute Gasteiger partial charge is 0.424 e. The molecule has 2 aromatic heterocycles. The number of nitrogen functional groups attached to an aromatic ring is 1. The molecule has 4 rings (SSSR count). The topological polar surface area (TPSA) is 133 Å². The van der Waals surface area contributed by atoms with E-state index in [2.05, 4.69) is 20.3 Å². The van der Waals surface area contributed by atoms with Crippen LogP contribution in [0.2, 0.25) is 0 Å². The van der Waals surface area contributed by atoms with Crippen LogP contribution in [0, 0.1) is 0 Å². The van der Waals surface area contributed by atoms with Crippen molar-refractivity contribution in [3.8, 4) is 11.1 Å². The molecule has 1 unspecified atom stereocenters. The molecule has 130 valence electrons. The van der Waals surface area contributed by atoms with Crippen LogP contribution in [0.5, 0.6) is 0 Å². The summed E-state index contributed by atoms with van der Waals surface area (Å²) in [7, 11) is 0. The normalized spacial score (nSPS) is 12.3. The number of carbonyl (C=O) groups is 1. The van der Waals surface area contributed by atoms with Crippen molar-refractivity contribution in [3.63, 3.8) is 0 Å². The Morgan fingerprint density at radius 3 is 2.58 bits per heavy atom. The van der Waals surface area contributed by atoms with Crippen molar-refractivity contribution in [1.29, 1.82) is 0 Å². The molecule has 0 aliphatic rings. The molecule has 8 nitrogen and oxygen atoms in total. The van der Waals surface area contributed by atoms with Crippen LogP contribution in [0.3, 0.4) is 0 Å². The molecular weight excluding hydrogens is 332 g/mol. The van der Waals surface area contributed by atoms with Crippen LogP contribution in [0.25, 0.3) is 33.3 Å². The summed E-state index contributed by atoms with van der Waals surface area (Å²) >= 11 is 0. The standard InChI is InChI=1S/C18H16N6O2/c1-9(17(19)25)22-16-8-21-12-4-2-10(6-13(12)23-16)11-3-5-15-14(7-11)24-18(20)26-15/h2-9H,1H3,(H2,19,25)(H2,20,24)(H,22,23). The molecule has 0 saturated heterocycles. The first-order valence-corrected chi connectivity index (χ1v) is 7.99. The van der Waals surface area contributed by atoms with Gasteiger partial charge >= 0.3 is 0 Å². The third kappa shape index (κ3) is 2.88. The number of nitrogens with zero attached hydrogens (tertiary/aromatic N) is 3. The van der Waals surface area contributed by atoms with Gasteiger partial charge in [0, 0.05) is 0 Å². The van der Waals surface area contributed by atoms with Gasteiger partial charge in [-0.15, -0.1) is 0 Å². The van der Waals surface area contributed by atoms with E-state index in [9.17, 15) is 4.79 Å². The van der Waals surface area contributed by atoms with Crippen LogP contribution in [0.1, 0.15) is 6.92 Å². The lowest BCUT2D eigenvalue weighted by Crippen LogP contribution is -2.32. The molecule has 26 heavy (non-hydrogen) atoms. The van der Waals surface area contributed by atoms with Gasteiger partial charge in [-0.25, -0.2) is 4.98 Å². The number of nitrogens with one attached hydrogen (secondary N) is 1. The highest BCUT2D eigenvalue weighted by molar-refractivity contribution is 5.86. The first-order chi connectivity index (χ1) is 12.5. The van der Waals surface area contributed by atoms with E-state index in [4.69, 9.17) is 15.9 Å². The fourth-order valence-corrected chi connectivity index (χ4v) is 2.68. The maximum Gasteiger partial charge on any atom is 0.292 e. The molecule has 1 amide bonds. The van der Waals surface area contributed by atoms with Crippen LogP contribution in [-0.2, 0) is 4.79 Å². The van der Waals surface area contributed by atoms with E-state index < -0.39 is 11.9 Å². The SMILES string of the molecule is CC(Nc1cnc2ccc(-c3ccc4oc(N)nc4c3)cc2n1)C(N)=O. The molecule has 0 aliphatic heterocycles. The van der Waals surface area contributed by atoms with Crippen LogP contribution < -0.4 is 16.8 Å². The van der Waals surface area contributed by atoms with Crippen LogP contribution in [-0.4, -0.2) is 26.9 Å². The van der Waals surface area contributed by atoms with Crippen molar-refractivity contribution in [3.05, 3.63) is 42.6 Å². The number of rotatable bonds is 4. The van der Waals surface area contributed by atoms with Crippen LogP contribution in [0.4, 0.5) is 11.8 Å². The van der Waals surface area contributed by atoms with E-state index in [-0.39, 0.29) is 6.01 Å². The van der Waals surface area contributed by atoms with E-state index in [0.29, 0.717) is 22.4 Å². The zero-order chi connectivity index (χ0) is 18.3. The van der Waals surface area contributed by atoms with E-state index in [1.807, 2.05) is 36.4 Å². The average Bonchev–Trinajstić information content (AvgIpc) is 3.00. The number of hydrogen-bond acceptors (Lipinski definition) is 7. The van der Waals surface area contributed by atoms with Gasteiger partial charge < -0.3 is 21.2 Å². The highest BCUT2D eigenvalue weighted by Crippen LogP contribution is 2.27. The van der Waals surface area contributed by atoms with Gasteiger partial charge in [0.15, 0.2) is 5.58 Å². The summed E-state index contributed by atoms with van der Waals surface area (Å²) in [5, 5.41) is 2.94. The Hall–Kier alpha value is -3.68. The molecule has 2 aromatic carbocycles. The van der Waals surface area contributed by atoms with Gasteiger partial charge in [-0.3, -0.25) is 9.78 Å². The number of nitrogens with two attached hydrogens (primary N) is 2. The summed E-state index contributed by atoms with van der Waals surface area (Å²) in [5.74, 6) is 0.0292. The summed E-state index contributed by atoms with van der Waals surface area (Å²) in [6.07, 6.45) is 1.58. The molecule has 0 saturated carbocycles. The van der Waals surface area contributed by atoms with E-state index in [0.717, 1.165) is 16.6 Å². The van der Waals surface area contributed by atoms with Crippen molar-refractivity contribution < 1.29 is 9.21 Å². The van der Waals surface area contributed by atoms with Gasteiger partial charge in [-0.1, -0.05) is 12.1 Å². The second kappa shape index (κ2) is 5.99. The molecule has 0 bridgehead atoms. The second-order valence-electron chi connectivity index (χ2n) is 5.96. The summed E-state index contributed by atoms with van der Waals surface area (Å²) in [4.78, 5) is 24.2. The van der Waals surface area contributed by atoms with Crippen molar-refractivity contribution >= 4 is 39.9 Å². The Balaban J connectivity index is 1.73. The van der Waals surface area contributed by atoms with Crippen molar-refractivity contribution in [1.82, 2.24) is 15.0 Å². The smallest absolute Gasteiger partial charge is 0.292 e. The van der Waals surface area contributed by atoms with Gasteiger partial charge in [0.25, 0.3) is 6.01 Å². The minimum absolute atomic E-state index is 0.140. The number of primary amides is 1. The Kier molecular flexibility index (Phi) is 3.65. The van der Waals surface area contributed by atoms with Gasteiger partial charge in [-0.2, -0.15) is 4.98 Å². The molecular formula is C18H16N6O2. The molecule has 8 heteroatoms. The fraction of sp³-hybridized carbons (Fsp3) is 0.111. The number of anilines is 2. The second-order valence-corrected chi connectivity index (χ2v) is 5.96. The van der Waals surface area contributed by atoms with E-state index in [1.165, 1.54) is 0 Å². The lowest BCUT2D eigenvalue weighted by Gasteiger charge is -2.11. The van der Waals surface area contributed by atoms with Gasteiger partial charge in [0.2, 0.25) is 5.91 Å². The molecule has 4 aromatic rings. The Morgan fingerprint density at radius 1 is 1.08 bits per heavy atom. The number of amides is 1. The fourth-order valence-electron chi connectivity index (χ4n) is 2.68. The number of carbonyl (C=O) groups excluding carboxylic acids is 1. The van der Waals surface area contributed by atoms with E-state index >= 15 is 0 Å². The van der Waals surface area contributed by atoms with Crippen molar-refractivity contribution in [2.45, 2.75) is 13.0 Å². The van der Waals surface area contributed by atoms with Crippen molar-refractivity contribution in [2.24, 2.45) is 5.73 Å². The van der Waals surface area contributed by atoms with E-state index in [1.54, 1.807) is 13.1 Å². The minimum atomic E-state index is -0.537. The minimum Gasteiger partial charge on any atom is -0.424 e. The van der Waals surface area contributed by atoms with Gasteiger partial charge in [-0.05, 0) is 42.3 Å². The predicted octanol–water partition coefficient (Wildman–Crippen LogP) is 2.31. The highest BCUT2D eigenvalue weighted by Gasteiger charge is 2.10. The molecule has 5 N–H and O–H groups in total. The molecule has 0 aliphatic carbocycles.